The molecule has 196 valence electrons. The van der Waals surface area contributed by atoms with Crippen LogP contribution in [0.25, 0.3) is 0 Å². The number of nitrogens with zero attached hydrogens (tertiary/aromatic N) is 1. The molecule has 0 bridgehead atoms. The van der Waals surface area contributed by atoms with Crippen LogP contribution in [0, 0.1) is 23.2 Å². The monoisotopic (exact) mass is 504 g/mol. The van der Waals surface area contributed by atoms with Crippen LogP contribution in [0.5, 0.6) is 5.75 Å². The number of amidine groups is 1. The molecule has 2 rings (SSSR count). The van der Waals surface area contributed by atoms with Crippen molar-refractivity contribution in [2.75, 3.05) is 6.54 Å². The Morgan fingerprint density at radius 1 is 1.17 bits per heavy atom. The molecule has 36 heavy (non-hydrogen) atoms. The van der Waals surface area contributed by atoms with E-state index < -0.39 is 53.3 Å². The van der Waals surface area contributed by atoms with Crippen LogP contribution in [0.15, 0.2) is 36.1 Å². The van der Waals surface area contributed by atoms with Gasteiger partial charge in [0, 0.05) is 11.6 Å². The molecule has 0 aromatic heterocycles. The van der Waals surface area contributed by atoms with Gasteiger partial charge in [0.05, 0.1) is 18.4 Å². The summed E-state index contributed by atoms with van der Waals surface area (Å²) < 4.78 is 5.35. The Morgan fingerprint density at radius 3 is 2.19 bits per heavy atom. The Kier molecular flexibility index (Phi) is 8.68. The van der Waals surface area contributed by atoms with Crippen molar-refractivity contribution in [1.29, 1.82) is 5.41 Å². The van der Waals surface area contributed by atoms with E-state index in [4.69, 9.17) is 21.0 Å². The maximum Gasteiger partial charge on any atom is 0.330 e. The number of nitrogens with one attached hydrogen (secondary N) is 2. The zero-order chi connectivity index (χ0) is 27.4. The van der Waals surface area contributed by atoms with Crippen LogP contribution >= 0.6 is 0 Å². The Morgan fingerprint density at radius 2 is 1.75 bits per heavy atom. The van der Waals surface area contributed by atoms with Crippen LogP contribution in [0.4, 0.5) is 4.79 Å². The van der Waals surface area contributed by atoms with Crippen LogP contribution in [0.2, 0.25) is 0 Å². The molecule has 2 amide bonds. The van der Waals surface area contributed by atoms with Gasteiger partial charge in [-0.2, -0.15) is 0 Å². The third-order valence-electron chi connectivity index (χ3n) is 6.19. The number of carbonyl (C=O) groups is 4. The number of carboxylic acids is 2. The van der Waals surface area contributed by atoms with E-state index in [1.165, 1.54) is 23.1 Å². The number of nitrogens with two attached hydrogens (primary N) is 1. The molecule has 4 unspecified atom stereocenters. The largest absolute Gasteiger partial charge is 0.511 e. The molecule has 1 aliphatic carbocycles. The van der Waals surface area contributed by atoms with Crippen molar-refractivity contribution in [2.45, 2.75) is 45.7 Å². The van der Waals surface area contributed by atoms with Crippen molar-refractivity contribution in [3.05, 3.63) is 41.7 Å². The minimum absolute atomic E-state index is 0.114. The molecule has 12 heteroatoms. The van der Waals surface area contributed by atoms with Crippen molar-refractivity contribution in [2.24, 2.45) is 23.5 Å². The van der Waals surface area contributed by atoms with Crippen molar-refractivity contribution in [3.8, 4) is 5.75 Å². The van der Waals surface area contributed by atoms with E-state index in [-0.39, 0.29) is 30.3 Å². The molecule has 7 N–H and O–H groups in total. The van der Waals surface area contributed by atoms with Crippen molar-refractivity contribution in [1.82, 2.24) is 10.2 Å². The standard InChI is InChI=1S/C24H32N4O8/c1-12(2)28(23(35)27-24(22(33)34)10-18(24)20(30)31)11-16(29)9-13(3)14(4)21(32)36-17-7-5-15(6-8-17)19(25)26/h5-9,12-14,18,29H,10-11H2,1-4H3,(H3,25,26)(H,27,35)(H,30,31)(H,33,34)/b16-9-. The Bertz CT molecular complexity index is 1070. The highest BCUT2D eigenvalue weighted by molar-refractivity contribution is 5.97. The lowest BCUT2D eigenvalue weighted by atomic mass is 9.95. The summed E-state index contributed by atoms with van der Waals surface area (Å²) in [6.45, 7) is 6.33. The molecule has 1 saturated carbocycles. The summed E-state index contributed by atoms with van der Waals surface area (Å²) >= 11 is 0. The quantitative estimate of drug-likeness (QED) is 0.0855. The van der Waals surface area contributed by atoms with E-state index in [2.05, 4.69) is 5.32 Å². The molecule has 0 aliphatic heterocycles. The molecule has 12 nitrogen and oxygen atoms in total. The summed E-state index contributed by atoms with van der Waals surface area (Å²) in [5.74, 6) is -5.78. The average Bonchev–Trinajstić information content (AvgIpc) is 3.52. The SMILES string of the molecule is CC(/C=C(\O)CN(C(=O)NC1(C(=O)O)CC1C(=O)O)C(C)C)C(C)C(=O)Oc1ccc(C(=N)N)cc1. The summed E-state index contributed by atoms with van der Waals surface area (Å²) in [6, 6.07) is 4.83. The number of nitrogen functional groups attached to an aromatic ring is 1. The molecular weight excluding hydrogens is 472 g/mol. The first-order valence-corrected chi connectivity index (χ1v) is 11.3. The molecule has 1 aromatic carbocycles. The number of hydrogen-bond donors (Lipinski definition) is 6. The Labute approximate surface area is 208 Å². The van der Waals surface area contributed by atoms with Crippen LogP contribution in [-0.2, 0) is 14.4 Å². The number of carbonyl (C=O) groups excluding carboxylic acids is 2. The summed E-state index contributed by atoms with van der Waals surface area (Å²) in [5, 5.41) is 38.8. The normalized spacial score (nSPS) is 20.7. The van der Waals surface area contributed by atoms with Gasteiger partial charge in [0.25, 0.3) is 0 Å². The van der Waals surface area contributed by atoms with Crippen LogP contribution in [-0.4, -0.2) is 68.1 Å². The van der Waals surface area contributed by atoms with Crippen LogP contribution < -0.4 is 15.8 Å². The fourth-order valence-electron chi connectivity index (χ4n) is 3.54. The molecule has 0 heterocycles. The minimum Gasteiger partial charge on any atom is -0.511 e. The van der Waals surface area contributed by atoms with Crippen LogP contribution in [0.1, 0.15) is 39.7 Å². The second-order valence-corrected chi connectivity index (χ2v) is 9.19. The molecule has 0 radical (unpaired) electrons. The molecule has 4 atom stereocenters. The maximum absolute atomic E-state index is 12.8. The predicted molar refractivity (Wildman–Crippen MR) is 129 cm³/mol. The van der Waals surface area contributed by atoms with Gasteiger partial charge in [0.1, 0.15) is 17.3 Å². The number of ether oxygens (including phenoxy) is 1. The van der Waals surface area contributed by atoms with Gasteiger partial charge in [0.2, 0.25) is 0 Å². The van der Waals surface area contributed by atoms with Crippen molar-refractivity contribution < 1.29 is 39.2 Å². The fraction of sp³-hybridized carbons (Fsp3) is 0.458. The Balaban J connectivity index is 2.03. The number of aliphatic carboxylic acids is 2. The third-order valence-corrected chi connectivity index (χ3v) is 6.19. The highest BCUT2D eigenvalue weighted by Gasteiger charge is 2.66. The number of esters is 1. The molecule has 0 saturated heterocycles. The molecule has 0 spiro atoms. The van der Waals surface area contributed by atoms with Gasteiger partial charge in [-0.25, -0.2) is 9.59 Å². The number of rotatable bonds is 11. The fourth-order valence-corrected chi connectivity index (χ4v) is 3.54. The number of aliphatic hydroxyl groups excluding tert-OH is 1. The van der Waals surface area contributed by atoms with E-state index in [9.17, 15) is 29.4 Å². The Hall–Kier alpha value is -4.09. The van der Waals surface area contributed by atoms with E-state index in [0.717, 1.165) is 0 Å². The van der Waals surface area contributed by atoms with Crippen molar-refractivity contribution >= 4 is 29.8 Å². The zero-order valence-electron chi connectivity index (χ0n) is 20.5. The van der Waals surface area contributed by atoms with Crippen molar-refractivity contribution in [3.63, 3.8) is 0 Å². The smallest absolute Gasteiger partial charge is 0.330 e. The summed E-state index contributed by atoms with van der Waals surface area (Å²) in [7, 11) is 0. The molecule has 1 aliphatic rings. The van der Waals surface area contributed by atoms with Gasteiger partial charge in [-0.05, 0) is 56.5 Å². The summed E-state index contributed by atoms with van der Waals surface area (Å²) in [5.41, 5.74) is 4.00. The molecular formula is C24H32N4O8. The zero-order valence-corrected chi connectivity index (χ0v) is 20.5. The highest BCUT2D eigenvalue weighted by Crippen LogP contribution is 2.44. The van der Waals surface area contributed by atoms with E-state index >= 15 is 0 Å². The number of benzene rings is 1. The van der Waals surface area contributed by atoms with Gasteiger partial charge in [-0.1, -0.05) is 13.8 Å². The molecule has 1 aromatic rings. The van der Waals surface area contributed by atoms with Crippen LogP contribution in [0.3, 0.4) is 0 Å². The second-order valence-electron chi connectivity index (χ2n) is 9.19. The number of allylic oxidation sites excluding steroid dienone is 1. The van der Waals surface area contributed by atoms with E-state index in [1.807, 2.05) is 0 Å². The van der Waals surface area contributed by atoms with Gasteiger partial charge < -0.3 is 36.0 Å². The van der Waals surface area contributed by atoms with E-state index in [1.54, 1.807) is 39.8 Å². The van der Waals surface area contributed by atoms with Gasteiger partial charge >= 0.3 is 23.9 Å². The highest BCUT2D eigenvalue weighted by atomic mass is 16.5. The molecule has 1 fully saturated rings. The third kappa shape index (κ3) is 6.52. The second kappa shape index (κ2) is 11.1. The number of carboxylic acid groups (broad SMARTS) is 2. The topological polar surface area (TPSA) is 203 Å². The van der Waals surface area contributed by atoms with Gasteiger partial charge in [0.15, 0.2) is 5.54 Å². The first-order chi connectivity index (χ1) is 16.7. The number of aliphatic hydroxyl groups is 1. The number of urea groups is 1. The first-order valence-electron chi connectivity index (χ1n) is 11.3. The van der Waals surface area contributed by atoms with E-state index in [0.29, 0.717) is 5.56 Å². The number of amides is 2. The maximum atomic E-state index is 12.8. The lowest BCUT2D eigenvalue weighted by Gasteiger charge is -2.29. The summed E-state index contributed by atoms with van der Waals surface area (Å²) in [6.07, 6.45) is 1.17. The van der Waals surface area contributed by atoms with Gasteiger partial charge in [-0.3, -0.25) is 15.0 Å². The minimum atomic E-state index is -1.89. The number of hydrogen-bond acceptors (Lipinski definition) is 7. The lowest BCUT2D eigenvalue weighted by molar-refractivity contribution is -0.146. The lowest BCUT2D eigenvalue weighted by Crippen LogP contribution is -2.53. The van der Waals surface area contributed by atoms with Gasteiger partial charge in [-0.15, -0.1) is 0 Å². The predicted octanol–water partition coefficient (Wildman–Crippen LogP) is 1.94. The first kappa shape index (κ1) is 28.1. The summed E-state index contributed by atoms with van der Waals surface area (Å²) in [4.78, 5) is 49.3. The average molecular weight is 505 g/mol.